The molecular formula is C25H30F3NO5S. The first-order valence-electron chi connectivity index (χ1n) is 11.3. The molecule has 0 spiro atoms. The number of carboxylic acid groups (broad SMARTS) is 1. The van der Waals surface area contributed by atoms with Crippen molar-refractivity contribution in [3.05, 3.63) is 59.2 Å². The maximum atomic E-state index is 13.2. The fourth-order valence-corrected chi connectivity index (χ4v) is 4.91. The van der Waals surface area contributed by atoms with Crippen LogP contribution < -0.4 is 9.04 Å². The van der Waals surface area contributed by atoms with Gasteiger partial charge in [-0.2, -0.15) is 13.2 Å². The highest BCUT2D eigenvalue weighted by atomic mass is 32.2. The third-order valence-electron chi connectivity index (χ3n) is 5.30. The summed E-state index contributed by atoms with van der Waals surface area (Å²) in [6.07, 6.45) is 0.134. The number of nitrogens with zero attached hydrogens (tertiary/aromatic N) is 1. The van der Waals surface area contributed by atoms with E-state index in [4.69, 9.17) is 9.84 Å². The molecular weight excluding hydrogens is 483 g/mol. The fraction of sp³-hybridized carbons (Fsp3) is 0.400. The van der Waals surface area contributed by atoms with Gasteiger partial charge in [0.1, 0.15) is 12.4 Å². The minimum absolute atomic E-state index is 0.0210. The molecule has 3 rings (SSSR count). The summed E-state index contributed by atoms with van der Waals surface area (Å²) in [5, 5.41) is 7.91. The lowest BCUT2D eigenvalue weighted by Crippen LogP contribution is -2.38. The number of hydrogen-bond donors (Lipinski definition) is 1. The second-order valence-corrected chi connectivity index (χ2v) is 9.69. The van der Waals surface area contributed by atoms with Gasteiger partial charge in [0.05, 0.1) is 22.7 Å². The summed E-state index contributed by atoms with van der Waals surface area (Å²) >= 11 is 0. The van der Waals surface area contributed by atoms with E-state index in [1.54, 1.807) is 12.1 Å². The van der Waals surface area contributed by atoms with Gasteiger partial charge in [-0.05, 0) is 55.2 Å². The van der Waals surface area contributed by atoms with Crippen molar-refractivity contribution in [2.45, 2.75) is 57.5 Å². The first-order valence-corrected chi connectivity index (χ1v) is 12.8. The molecule has 0 bridgehead atoms. The Kier molecular flexibility index (Phi) is 9.76. The Morgan fingerprint density at radius 2 is 1.80 bits per heavy atom. The highest BCUT2D eigenvalue weighted by Crippen LogP contribution is 2.38. The number of benzene rings is 2. The number of alkyl halides is 3. The number of carbonyl (C=O) groups is 1. The van der Waals surface area contributed by atoms with Crippen molar-refractivity contribution in [3.8, 4) is 5.75 Å². The highest BCUT2D eigenvalue weighted by molar-refractivity contribution is 7.92. The van der Waals surface area contributed by atoms with Crippen LogP contribution in [0.5, 0.6) is 5.75 Å². The van der Waals surface area contributed by atoms with Gasteiger partial charge in [0.15, 0.2) is 0 Å². The molecule has 2 aromatic carbocycles. The lowest BCUT2D eigenvalue weighted by Gasteiger charge is -2.31. The van der Waals surface area contributed by atoms with Crippen LogP contribution in [0.3, 0.4) is 0 Å². The minimum atomic E-state index is -4.62. The fourth-order valence-electron chi connectivity index (χ4n) is 3.41. The quantitative estimate of drug-likeness (QED) is 0.465. The van der Waals surface area contributed by atoms with Crippen molar-refractivity contribution in [3.63, 3.8) is 0 Å². The molecule has 0 saturated heterocycles. The van der Waals surface area contributed by atoms with E-state index < -0.39 is 32.6 Å². The van der Waals surface area contributed by atoms with Crippen LogP contribution in [0, 0.1) is 0 Å². The van der Waals surface area contributed by atoms with Crippen LogP contribution in [-0.2, 0) is 21.0 Å². The van der Waals surface area contributed by atoms with E-state index in [0.717, 1.165) is 41.3 Å². The van der Waals surface area contributed by atoms with E-state index in [-0.39, 0.29) is 13.2 Å². The average molecular weight is 514 g/mol. The van der Waals surface area contributed by atoms with Crippen molar-refractivity contribution in [2.75, 3.05) is 17.5 Å². The normalized spacial score (nSPS) is 13.1. The first kappa shape index (κ1) is 28.2. The van der Waals surface area contributed by atoms with Gasteiger partial charge in [-0.15, -0.1) is 0 Å². The van der Waals surface area contributed by atoms with Crippen LogP contribution in [-0.4, -0.2) is 32.6 Å². The number of anilines is 1. The topological polar surface area (TPSA) is 83.9 Å². The van der Waals surface area contributed by atoms with E-state index in [2.05, 4.69) is 0 Å². The van der Waals surface area contributed by atoms with Crippen LogP contribution in [0.2, 0.25) is 0 Å². The molecule has 0 aromatic heterocycles. The van der Waals surface area contributed by atoms with Crippen LogP contribution in [0.25, 0.3) is 6.08 Å². The summed E-state index contributed by atoms with van der Waals surface area (Å²) < 4.78 is 72.1. The van der Waals surface area contributed by atoms with Gasteiger partial charge in [-0.3, -0.25) is 9.10 Å². The van der Waals surface area contributed by atoms with Crippen LogP contribution in [0.1, 0.15) is 57.6 Å². The van der Waals surface area contributed by atoms with E-state index in [0.29, 0.717) is 23.9 Å². The zero-order chi connectivity index (χ0) is 26.2. The van der Waals surface area contributed by atoms with Gasteiger partial charge in [0.2, 0.25) is 0 Å². The van der Waals surface area contributed by atoms with E-state index in [1.165, 1.54) is 11.6 Å². The molecule has 1 aliphatic heterocycles. The molecule has 0 atom stereocenters. The number of hydrogen-bond acceptors (Lipinski definition) is 4. The smallest absolute Gasteiger partial charge is 0.416 e. The Labute approximate surface area is 204 Å². The van der Waals surface area contributed by atoms with Crippen molar-refractivity contribution in [1.82, 2.24) is 0 Å². The lowest BCUT2D eigenvalue weighted by atomic mass is 10.1. The Hall–Kier alpha value is -3.01. The Morgan fingerprint density at radius 3 is 2.34 bits per heavy atom. The predicted octanol–water partition coefficient (Wildman–Crippen LogP) is 6.37. The molecule has 0 radical (unpaired) electrons. The average Bonchev–Trinajstić information content (AvgIpc) is 2.82. The summed E-state index contributed by atoms with van der Waals surface area (Å²) in [4.78, 5) is 9.20. The van der Waals surface area contributed by atoms with Crippen molar-refractivity contribution >= 4 is 27.8 Å². The molecule has 2 aromatic rings. The molecule has 6 nitrogen and oxygen atoms in total. The van der Waals surface area contributed by atoms with Gasteiger partial charge in [-0.1, -0.05) is 44.6 Å². The summed E-state index contributed by atoms with van der Waals surface area (Å²) in [5.74, 6) is -0.323. The van der Waals surface area contributed by atoms with Gasteiger partial charge in [-0.25, -0.2) is 8.42 Å². The molecule has 1 heterocycles. The Bertz CT molecular complexity index is 1150. The Balaban J connectivity index is 0.000000641. The zero-order valence-corrected chi connectivity index (χ0v) is 20.7. The molecule has 0 amide bonds. The summed E-state index contributed by atoms with van der Waals surface area (Å²) in [6.45, 7) is 6.07. The monoisotopic (exact) mass is 513 g/mol. The van der Waals surface area contributed by atoms with Gasteiger partial charge < -0.3 is 9.84 Å². The predicted molar refractivity (Wildman–Crippen MR) is 129 cm³/mol. The summed E-state index contributed by atoms with van der Waals surface area (Å²) in [7, 11) is -4.18. The maximum absolute atomic E-state index is 13.2. The van der Waals surface area contributed by atoms with E-state index >= 15 is 0 Å². The lowest BCUT2D eigenvalue weighted by molar-refractivity contribution is -0.138. The number of rotatable bonds is 7. The second kappa shape index (κ2) is 12.1. The molecule has 192 valence electrons. The van der Waals surface area contributed by atoms with Gasteiger partial charge >= 0.3 is 12.1 Å². The highest BCUT2D eigenvalue weighted by Gasteiger charge is 2.34. The van der Waals surface area contributed by atoms with Crippen LogP contribution in [0.4, 0.5) is 18.9 Å². The summed E-state index contributed by atoms with van der Waals surface area (Å²) in [5.41, 5.74) is 1.35. The van der Waals surface area contributed by atoms with Crippen molar-refractivity contribution in [2.24, 2.45) is 0 Å². The molecule has 0 saturated carbocycles. The number of aliphatic carboxylic acids is 1. The maximum Gasteiger partial charge on any atom is 0.416 e. The number of carboxylic acids is 1. The molecule has 10 heteroatoms. The van der Waals surface area contributed by atoms with E-state index in [9.17, 15) is 26.4 Å². The number of sulfonamides is 1. The number of halogens is 3. The van der Waals surface area contributed by atoms with Crippen LogP contribution in [0.15, 0.2) is 52.9 Å². The van der Waals surface area contributed by atoms with E-state index in [1.807, 2.05) is 32.9 Å². The van der Waals surface area contributed by atoms with Crippen LogP contribution >= 0.6 is 0 Å². The van der Waals surface area contributed by atoms with Gasteiger partial charge in [0.25, 0.3) is 10.0 Å². The van der Waals surface area contributed by atoms with Gasteiger partial charge in [0, 0.05) is 6.42 Å². The number of fused-ring (bicyclic) bond motifs is 1. The van der Waals surface area contributed by atoms with Crippen molar-refractivity contribution < 1.29 is 36.2 Å². The standard InChI is InChI=1S/C21H22F3NO3S.C4H8O2/c1-3-15(4-2)12-16-8-9-20-19(13-16)25(10-11-28-20)29(26,27)18-7-5-6-17(14-18)21(22,23)24;1-2-3-4(5)6/h5-9,12-14H,3-4,10-11H2,1-2H3;2-3H2,1H3,(H,5,6). The first-order chi connectivity index (χ1) is 16.4. The molecule has 1 aliphatic rings. The minimum Gasteiger partial charge on any atom is -0.489 e. The molecule has 0 aliphatic carbocycles. The zero-order valence-electron chi connectivity index (χ0n) is 19.9. The molecule has 0 unspecified atom stereocenters. The summed E-state index contributed by atoms with van der Waals surface area (Å²) in [6, 6.07) is 9.03. The number of ether oxygens (including phenoxy) is 1. The third kappa shape index (κ3) is 7.48. The SMILES string of the molecule is CCC(=Cc1ccc2c(c1)N(S(=O)(=O)c1cccc(C(F)(F)F)c1)CCO2)CC.CCCC(=O)O. The Morgan fingerprint density at radius 1 is 1.11 bits per heavy atom. The molecule has 35 heavy (non-hydrogen) atoms. The molecule has 1 N–H and O–H groups in total. The molecule has 0 fully saturated rings. The number of allylic oxidation sites excluding steroid dienone is 1. The third-order valence-corrected chi connectivity index (χ3v) is 7.11. The second-order valence-electron chi connectivity index (χ2n) is 7.83. The van der Waals surface area contributed by atoms with Crippen molar-refractivity contribution in [1.29, 1.82) is 0 Å². The largest absolute Gasteiger partial charge is 0.489 e.